The van der Waals surface area contributed by atoms with Gasteiger partial charge in [-0.15, -0.1) is 0 Å². The second kappa shape index (κ2) is 8.76. The molecule has 1 fully saturated rings. The van der Waals surface area contributed by atoms with Gasteiger partial charge in [0, 0.05) is 43.9 Å². The molecule has 0 spiro atoms. The first-order valence-corrected chi connectivity index (χ1v) is 11.0. The van der Waals surface area contributed by atoms with Crippen molar-refractivity contribution in [3.8, 4) is 17.1 Å². The van der Waals surface area contributed by atoms with E-state index in [2.05, 4.69) is 63.6 Å². The molecule has 1 aliphatic rings. The van der Waals surface area contributed by atoms with Crippen molar-refractivity contribution in [2.45, 2.75) is 12.5 Å². The van der Waals surface area contributed by atoms with E-state index in [1.54, 1.807) is 7.11 Å². The van der Waals surface area contributed by atoms with Gasteiger partial charge in [-0.2, -0.15) is 0 Å². The molecule has 1 unspecified atom stereocenters. The van der Waals surface area contributed by atoms with Gasteiger partial charge in [-0.05, 0) is 38.7 Å². The summed E-state index contributed by atoms with van der Waals surface area (Å²) in [6.07, 6.45) is 5.04. The molecular weight excluding hydrogens is 402 g/mol. The smallest absolute Gasteiger partial charge is 0.140 e. The van der Waals surface area contributed by atoms with Crippen molar-refractivity contribution in [1.82, 2.24) is 19.3 Å². The van der Waals surface area contributed by atoms with Crippen molar-refractivity contribution in [2.24, 2.45) is 0 Å². The lowest BCUT2D eigenvalue weighted by Crippen LogP contribution is -2.31. The van der Waals surface area contributed by atoms with Crippen LogP contribution in [-0.4, -0.2) is 72.8 Å². The van der Waals surface area contributed by atoms with Crippen LogP contribution < -0.4 is 9.64 Å². The van der Waals surface area contributed by atoms with Gasteiger partial charge in [0.05, 0.1) is 35.4 Å². The Labute approximate surface area is 188 Å². The first kappa shape index (κ1) is 20.7. The fourth-order valence-corrected chi connectivity index (χ4v) is 4.40. The molecule has 1 atom stereocenters. The van der Waals surface area contributed by atoms with Crippen molar-refractivity contribution in [2.75, 3.05) is 52.4 Å². The quantitative estimate of drug-likeness (QED) is 0.416. The Morgan fingerprint density at radius 3 is 2.84 bits per heavy atom. The van der Waals surface area contributed by atoms with Gasteiger partial charge in [0.2, 0.25) is 0 Å². The van der Waals surface area contributed by atoms with Crippen molar-refractivity contribution < 1.29 is 9.47 Å². The third-order valence-corrected chi connectivity index (χ3v) is 6.24. The maximum atomic E-state index is 5.72. The van der Waals surface area contributed by atoms with Gasteiger partial charge in [-0.1, -0.05) is 18.2 Å². The summed E-state index contributed by atoms with van der Waals surface area (Å²) in [6, 6.07) is 15.1. The summed E-state index contributed by atoms with van der Waals surface area (Å²) in [5.74, 6) is 0.782. The van der Waals surface area contributed by atoms with E-state index in [0.717, 1.165) is 46.8 Å². The zero-order chi connectivity index (χ0) is 22.1. The molecule has 1 aromatic carbocycles. The maximum Gasteiger partial charge on any atom is 0.140 e. The predicted molar refractivity (Wildman–Crippen MR) is 128 cm³/mol. The number of nitrogens with zero attached hydrogens (tertiary/aromatic N) is 5. The average Bonchev–Trinajstić information content (AvgIpc) is 3.46. The highest BCUT2D eigenvalue weighted by Crippen LogP contribution is 2.31. The number of benzene rings is 1. The van der Waals surface area contributed by atoms with Crippen LogP contribution in [0.25, 0.3) is 27.9 Å². The van der Waals surface area contributed by atoms with Crippen LogP contribution in [0.5, 0.6) is 5.75 Å². The third-order valence-electron chi connectivity index (χ3n) is 6.24. The van der Waals surface area contributed by atoms with Crippen LogP contribution in [0.15, 0.2) is 54.9 Å². The minimum absolute atomic E-state index is 0.514. The van der Waals surface area contributed by atoms with Gasteiger partial charge < -0.3 is 19.3 Å². The monoisotopic (exact) mass is 431 g/mol. The molecule has 0 radical (unpaired) electrons. The molecule has 0 saturated carbocycles. The number of hydrogen-bond acceptors (Lipinski definition) is 6. The lowest BCUT2D eigenvalue weighted by molar-refractivity contribution is 0.146. The van der Waals surface area contributed by atoms with E-state index in [-0.39, 0.29) is 0 Å². The Morgan fingerprint density at radius 1 is 1.12 bits per heavy atom. The number of anilines is 1. The molecule has 0 N–H and O–H groups in total. The fraction of sp³-hybridized carbons (Fsp3) is 0.360. The Morgan fingerprint density at radius 2 is 2.03 bits per heavy atom. The number of rotatable bonds is 7. The lowest BCUT2D eigenvalue weighted by Gasteiger charge is -2.22. The van der Waals surface area contributed by atoms with Gasteiger partial charge in [0.1, 0.15) is 18.0 Å². The number of pyridine rings is 2. The number of aromatic nitrogens is 3. The largest absolute Gasteiger partial charge is 0.491 e. The van der Waals surface area contributed by atoms with Crippen LogP contribution in [0, 0.1) is 0 Å². The second-order valence-electron chi connectivity index (χ2n) is 8.47. The zero-order valence-electron chi connectivity index (χ0n) is 18.9. The summed E-state index contributed by atoms with van der Waals surface area (Å²) >= 11 is 0. The molecule has 4 aromatic rings. The molecule has 7 heteroatoms. The highest BCUT2D eigenvalue weighted by atomic mass is 16.5. The van der Waals surface area contributed by atoms with Crippen LogP contribution in [0.2, 0.25) is 0 Å². The number of para-hydroxylation sites is 1. The van der Waals surface area contributed by atoms with E-state index in [9.17, 15) is 0 Å². The molecule has 3 aromatic heterocycles. The Balaban J connectivity index is 1.49. The van der Waals surface area contributed by atoms with Crippen LogP contribution in [0.3, 0.4) is 0 Å². The van der Waals surface area contributed by atoms with Crippen LogP contribution in [0.4, 0.5) is 5.69 Å². The number of imidazole rings is 1. The summed E-state index contributed by atoms with van der Waals surface area (Å²) in [6.45, 7) is 3.15. The van der Waals surface area contributed by atoms with Gasteiger partial charge in [-0.3, -0.25) is 4.40 Å². The molecule has 0 aliphatic carbocycles. The minimum Gasteiger partial charge on any atom is -0.491 e. The van der Waals surface area contributed by atoms with Crippen molar-refractivity contribution >= 4 is 22.2 Å². The molecule has 0 bridgehead atoms. The van der Waals surface area contributed by atoms with Gasteiger partial charge >= 0.3 is 0 Å². The number of fused-ring (bicyclic) bond motifs is 2. The van der Waals surface area contributed by atoms with E-state index in [0.29, 0.717) is 19.3 Å². The summed E-state index contributed by atoms with van der Waals surface area (Å²) < 4.78 is 12.8. The first-order valence-electron chi connectivity index (χ1n) is 11.0. The summed E-state index contributed by atoms with van der Waals surface area (Å²) in [5, 5.41) is 1.15. The molecular formula is C25H29N5O2. The average molecular weight is 432 g/mol. The topological polar surface area (TPSA) is 55.1 Å². The number of ether oxygens (including phenoxy) is 2. The van der Waals surface area contributed by atoms with Crippen molar-refractivity contribution in [3.05, 3.63) is 54.9 Å². The van der Waals surface area contributed by atoms with Gasteiger partial charge in [0.15, 0.2) is 0 Å². The molecule has 4 heterocycles. The molecule has 1 saturated heterocycles. The zero-order valence-corrected chi connectivity index (χ0v) is 18.9. The molecule has 32 heavy (non-hydrogen) atoms. The first-order chi connectivity index (χ1) is 15.6. The van der Waals surface area contributed by atoms with Gasteiger partial charge in [-0.25, -0.2) is 9.97 Å². The van der Waals surface area contributed by atoms with E-state index in [1.807, 2.05) is 24.5 Å². The Bertz CT molecular complexity index is 1240. The molecule has 1 aliphatic heterocycles. The maximum absolute atomic E-state index is 5.72. The number of hydrogen-bond donors (Lipinski definition) is 0. The van der Waals surface area contributed by atoms with Crippen molar-refractivity contribution in [1.29, 1.82) is 0 Å². The van der Waals surface area contributed by atoms with Crippen LogP contribution in [-0.2, 0) is 4.74 Å². The van der Waals surface area contributed by atoms with E-state index in [4.69, 9.17) is 14.5 Å². The standard InChI is InChI=1S/C25H29N5O2/c1-28(2)19-9-11-29(17-19)22-6-4-5-18-7-8-21(27-25(18)22)23-16-26-24-15-20(10-12-30(23)24)32-14-13-31-3/h4-8,10,12,15-16,19H,9,11,13-14,17H2,1-3H3. The molecule has 7 nitrogen and oxygen atoms in total. The number of methoxy groups -OCH3 is 1. The highest BCUT2D eigenvalue weighted by Gasteiger charge is 2.25. The van der Waals surface area contributed by atoms with Crippen molar-refractivity contribution in [3.63, 3.8) is 0 Å². The van der Waals surface area contributed by atoms with Crippen LogP contribution >= 0.6 is 0 Å². The third kappa shape index (κ3) is 3.89. The highest BCUT2D eigenvalue weighted by molar-refractivity contribution is 5.92. The molecule has 5 rings (SSSR count). The fourth-order valence-electron chi connectivity index (χ4n) is 4.40. The predicted octanol–water partition coefficient (Wildman–Crippen LogP) is 3.72. The summed E-state index contributed by atoms with van der Waals surface area (Å²) in [4.78, 5) is 14.5. The SMILES string of the molecule is COCCOc1ccn2c(-c3ccc4cccc(N5CCC(N(C)C)C5)c4n3)cnc2c1. The Kier molecular flexibility index (Phi) is 5.68. The molecule has 166 valence electrons. The molecule has 0 amide bonds. The summed E-state index contributed by atoms with van der Waals surface area (Å²) in [7, 11) is 5.98. The Hall–Kier alpha value is -3.16. The summed E-state index contributed by atoms with van der Waals surface area (Å²) in [5.41, 5.74) is 4.95. The van der Waals surface area contributed by atoms with E-state index < -0.39 is 0 Å². The van der Waals surface area contributed by atoms with E-state index >= 15 is 0 Å². The normalized spacial score (nSPS) is 16.5. The van der Waals surface area contributed by atoms with Crippen LogP contribution in [0.1, 0.15) is 6.42 Å². The lowest BCUT2D eigenvalue weighted by atomic mass is 10.1. The number of likely N-dealkylation sites (N-methyl/N-ethyl adjacent to an activating group) is 1. The minimum atomic E-state index is 0.514. The van der Waals surface area contributed by atoms with Gasteiger partial charge in [0.25, 0.3) is 0 Å². The second-order valence-corrected chi connectivity index (χ2v) is 8.47. The van der Waals surface area contributed by atoms with E-state index in [1.165, 1.54) is 12.1 Å².